The molecule has 2 rings (SSSR count). The summed E-state index contributed by atoms with van der Waals surface area (Å²) in [6.45, 7) is 1.37. The number of esters is 1. The molecule has 0 heterocycles. The van der Waals surface area contributed by atoms with E-state index >= 15 is 0 Å². The molecular weight excluding hydrogens is 411 g/mol. The molecule has 0 aliphatic rings. The number of nitrogens with one attached hydrogen (secondary N) is 1. The van der Waals surface area contributed by atoms with Crippen molar-refractivity contribution in [1.82, 2.24) is 0 Å². The van der Waals surface area contributed by atoms with Crippen molar-refractivity contribution in [2.24, 2.45) is 0 Å². The van der Waals surface area contributed by atoms with E-state index in [1.54, 1.807) is 0 Å². The normalized spacial score (nSPS) is 12.2. The summed E-state index contributed by atoms with van der Waals surface area (Å²) in [4.78, 5) is 24.3. The summed E-state index contributed by atoms with van der Waals surface area (Å²) >= 11 is 6.06. The van der Waals surface area contributed by atoms with Gasteiger partial charge in [-0.2, -0.15) is 0 Å². The van der Waals surface area contributed by atoms with Gasteiger partial charge < -0.3 is 10.1 Å². The van der Waals surface area contributed by atoms with Crippen LogP contribution < -0.4 is 9.62 Å². The second-order valence-electron chi connectivity index (χ2n) is 5.89. The third-order valence-electron chi connectivity index (χ3n) is 3.81. The molecule has 0 bridgehead atoms. The van der Waals surface area contributed by atoms with Gasteiger partial charge in [0, 0.05) is 0 Å². The number of hydrogen-bond acceptors (Lipinski definition) is 5. The molecule has 0 spiro atoms. The Balaban J connectivity index is 2.34. The lowest BCUT2D eigenvalue weighted by Gasteiger charge is -2.28. The highest BCUT2D eigenvalue weighted by Gasteiger charge is 2.29. The summed E-state index contributed by atoms with van der Waals surface area (Å²) < 4.78 is 43.1. The van der Waals surface area contributed by atoms with E-state index in [4.69, 9.17) is 11.6 Å². The maximum Gasteiger partial charge on any atom is 0.337 e. The van der Waals surface area contributed by atoms with E-state index in [0.717, 1.165) is 22.7 Å². The largest absolute Gasteiger partial charge is 0.465 e. The summed E-state index contributed by atoms with van der Waals surface area (Å²) in [7, 11) is -2.65. The highest BCUT2D eigenvalue weighted by atomic mass is 35.5. The molecule has 0 aliphatic heterocycles. The maximum absolute atomic E-state index is 13.2. The van der Waals surface area contributed by atoms with E-state index in [2.05, 4.69) is 10.1 Å². The first-order chi connectivity index (χ1) is 13.0. The number of rotatable bonds is 6. The Kier molecular flexibility index (Phi) is 6.63. The van der Waals surface area contributed by atoms with E-state index in [-0.39, 0.29) is 22.0 Å². The number of carbonyl (C=O) groups is 2. The number of amides is 1. The monoisotopic (exact) mass is 428 g/mol. The maximum atomic E-state index is 13.2. The Morgan fingerprint density at radius 1 is 1.18 bits per heavy atom. The fraction of sp³-hybridized carbons (Fsp3) is 0.222. The lowest BCUT2D eigenvalue weighted by molar-refractivity contribution is -0.116. The van der Waals surface area contributed by atoms with Crippen molar-refractivity contribution in [2.45, 2.75) is 13.0 Å². The van der Waals surface area contributed by atoms with Gasteiger partial charge in [0.15, 0.2) is 0 Å². The fourth-order valence-electron chi connectivity index (χ4n) is 2.50. The van der Waals surface area contributed by atoms with Crippen LogP contribution in [0.4, 0.5) is 15.8 Å². The molecule has 1 N–H and O–H groups in total. The molecule has 0 radical (unpaired) electrons. The Morgan fingerprint density at radius 3 is 2.32 bits per heavy atom. The van der Waals surface area contributed by atoms with Gasteiger partial charge in [-0.05, 0) is 49.4 Å². The molecule has 2 aromatic rings. The van der Waals surface area contributed by atoms with Crippen LogP contribution in [0.25, 0.3) is 0 Å². The third kappa shape index (κ3) is 4.99. The highest BCUT2D eigenvalue weighted by Crippen LogP contribution is 2.26. The Labute approximate surface area is 167 Å². The number of anilines is 2. The average molecular weight is 429 g/mol. The van der Waals surface area contributed by atoms with Crippen LogP contribution in [0.1, 0.15) is 17.3 Å². The third-order valence-corrected chi connectivity index (χ3v) is 5.39. The minimum atomic E-state index is -3.86. The van der Waals surface area contributed by atoms with Crippen LogP contribution in [0.3, 0.4) is 0 Å². The molecule has 7 nitrogen and oxygen atoms in total. The van der Waals surface area contributed by atoms with Crippen molar-refractivity contribution >= 4 is 44.9 Å². The van der Waals surface area contributed by atoms with Gasteiger partial charge in [0.1, 0.15) is 11.9 Å². The van der Waals surface area contributed by atoms with Crippen molar-refractivity contribution in [3.05, 3.63) is 58.9 Å². The van der Waals surface area contributed by atoms with E-state index in [1.165, 1.54) is 44.4 Å². The van der Waals surface area contributed by atoms with E-state index < -0.39 is 33.8 Å². The quantitative estimate of drug-likeness (QED) is 0.714. The number of nitrogens with zero attached hydrogens (tertiary/aromatic N) is 1. The average Bonchev–Trinajstić information content (AvgIpc) is 2.63. The molecule has 0 aliphatic carbocycles. The summed E-state index contributed by atoms with van der Waals surface area (Å²) in [5, 5.41) is 2.66. The van der Waals surface area contributed by atoms with Crippen molar-refractivity contribution in [1.29, 1.82) is 0 Å². The van der Waals surface area contributed by atoms with Crippen molar-refractivity contribution < 1.29 is 27.1 Å². The molecular formula is C18H18ClFN2O5S. The number of benzene rings is 2. The molecule has 1 amide bonds. The van der Waals surface area contributed by atoms with Crippen molar-refractivity contribution in [3.8, 4) is 0 Å². The van der Waals surface area contributed by atoms with Crippen LogP contribution in [-0.2, 0) is 19.6 Å². The van der Waals surface area contributed by atoms with E-state index in [1.807, 2.05) is 0 Å². The highest BCUT2D eigenvalue weighted by molar-refractivity contribution is 7.92. The molecule has 0 saturated carbocycles. The predicted molar refractivity (Wildman–Crippen MR) is 105 cm³/mol. The summed E-state index contributed by atoms with van der Waals surface area (Å²) in [6, 6.07) is 7.66. The zero-order valence-corrected chi connectivity index (χ0v) is 16.8. The predicted octanol–water partition coefficient (Wildman–Crippen LogP) is 3.06. The first kappa shape index (κ1) is 21.6. The number of ether oxygens (including phenoxy) is 1. The number of halogens is 2. The lowest BCUT2D eigenvalue weighted by atomic mass is 10.2. The van der Waals surface area contributed by atoms with Crippen LogP contribution in [0, 0.1) is 5.82 Å². The van der Waals surface area contributed by atoms with Crippen LogP contribution in [0.15, 0.2) is 42.5 Å². The molecule has 0 fully saturated rings. The molecule has 150 valence electrons. The van der Waals surface area contributed by atoms with Gasteiger partial charge >= 0.3 is 5.97 Å². The number of hydrogen-bond donors (Lipinski definition) is 1. The lowest BCUT2D eigenvalue weighted by Crippen LogP contribution is -2.45. The topological polar surface area (TPSA) is 92.8 Å². The summed E-state index contributed by atoms with van der Waals surface area (Å²) in [6.07, 6.45) is 0.936. The molecule has 2 aromatic carbocycles. The minimum absolute atomic E-state index is 0.119. The van der Waals surface area contributed by atoms with E-state index in [0.29, 0.717) is 0 Å². The van der Waals surface area contributed by atoms with Crippen LogP contribution >= 0.6 is 11.6 Å². The van der Waals surface area contributed by atoms with Gasteiger partial charge in [0.05, 0.1) is 35.3 Å². The Morgan fingerprint density at radius 2 is 1.79 bits per heavy atom. The van der Waals surface area contributed by atoms with Crippen molar-refractivity contribution in [2.75, 3.05) is 23.0 Å². The zero-order chi connectivity index (χ0) is 21.1. The summed E-state index contributed by atoms with van der Waals surface area (Å²) in [5.41, 5.74) is 0.406. The smallest absolute Gasteiger partial charge is 0.337 e. The zero-order valence-electron chi connectivity index (χ0n) is 15.3. The standard InChI is InChI=1S/C18H18ClFN2O5S/c1-11(22(28(3,25)26)14-7-5-13(20)6-8-14)17(23)21-16-10-12(18(24)27-2)4-9-15(16)19/h4-11H,1-3H3,(H,21,23)/t11-/m0/s1. The van der Waals surface area contributed by atoms with Gasteiger partial charge in [-0.3, -0.25) is 9.10 Å². The molecule has 0 saturated heterocycles. The van der Waals surface area contributed by atoms with E-state index in [9.17, 15) is 22.4 Å². The van der Waals surface area contributed by atoms with Gasteiger partial charge in [-0.25, -0.2) is 17.6 Å². The fourth-order valence-corrected chi connectivity index (χ4v) is 3.84. The summed E-state index contributed by atoms with van der Waals surface area (Å²) in [5.74, 6) is -1.86. The molecule has 10 heteroatoms. The van der Waals surface area contributed by atoms with Gasteiger partial charge in [-0.15, -0.1) is 0 Å². The van der Waals surface area contributed by atoms with Crippen LogP contribution in [-0.4, -0.2) is 39.7 Å². The number of methoxy groups -OCH3 is 1. The first-order valence-corrected chi connectivity index (χ1v) is 10.2. The second kappa shape index (κ2) is 8.57. The second-order valence-corrected chi connectivity index (χ2v) is 8.15. The SMILES string of the molecule is COC(=O)c1ccc(Cl)c(NC(=O)[C@H](C)N(c2ccc(F)cc2)S(C)(=O)=O)c1. The van der Waals surface area contributed by atoms with Crippen LogP contribution in [0.5, 0.6) is 0 Å². The van der Waals surface area contributed by atoms with Crippen molar-refractivity contribution in [3.63, 3.8) is 0 Å². The molecule has 0 aromatic heterocycles. The Bertz CT molecular complexity index is 996. The first-order valence-electron chi connectivity index (χ1n) is 7.98. The molecule has 0 unspecified atom stereocenters. The van der Waals surface area contributed by atoms with Crippen LogP contribution in [0.2, 0.25) is 5.02 Å². The minimum Gasteiger partial charge on any atom is -0.465 e. The molecule has 28 heavy (non-hydrogen) atoms. The van der Waals surface area contributed by atoms with Gasteiger partial charge in [0.2, 0.25) is 15.9 Å². The number of carbonyl (C=O) groups excluding carboxylic acids is 2. The molecule has 1 atom stereocenters. The van der Waals surface area contributed by atoms with Gasteiger partial charge in [-0.1, -0.05) is 11.6 Å². The van der Waals surface area contributed by atoms with Gasteiger partial charge in [0.25, 0.3) is 0 Å². The number of sulfonamides is 1. The Hall–Kier alpha value is -2.65.